The van der Waals surface area contributed by atoms with Crippen LogP contribution in [0.25, 0.3) is 0 Å². The highest BCUT2D eigenvalue weighted by Crippen LogP contribution is 2.11. The molecule has 5 nitrogen and oxygen atoms in total. The van der Waals surface area contributed by atoms with Gasteiger partial charge < -0.3 is 20.5 Å². The van der Waals surface area contributed by atoms with E-state index in [-0.39, 0.29) is 0 Å². The summed E-state index contributed by atoms with van der Waals surface area (Å²) in [6.45, 7) is 12.2. The Morgan fingerprint density at radius 3 is 1.76 bits per heavy atom. The molecule has 0 aliphatic rings. The lowest BCUT2D eigenvalue weighted by atomic mass is 10.2. The van der Waals surface area contributed by atoms with Crippen molar-refractivity contribution < 1.29 is 20.5 Å². The lowest BCUT2D eigenvalue weighted by Gasteiger charge is -2.27. The smallest absolute Gasteiger partial charge is 0.481 e. The molecular weight excluding hydrogens is 255 g/mol. The Balaban J connectivity index is 4.14. The molecule has 0 bridgehead atoms. The lowest BCUT2D eigenvalue weighted by molar-refractivity contribution is 0.00398. The van der Waals surface area contributed by atoms with Crippen LogP contribution >= 0.6 is 0 Å². The minimum atomic E-state index is -2.93. The predicted octanol–water partition coefficient (Wildman–Crippen LogP) is 1.49. The fourth-order valence-corrected chi connectivity index (χ4v) is 4.97. The summed E-state index contributed by atoms with van der Waals surface area (Å²) < 4.78 is 27.8. The van der Waals surface area contributed by atoms with Crippen molar-refractivity contribution in [2.24, 2.45) is 5.92 Å². The first kappa shape index (κ1) is 17.5. The lowest BCUT2D eigenvalue weighted by Crippen LogP contribution is -2.50. The predicted molar refractivity (Wildman–Crippen MR) is 69.7 cm³/mol. The van der Waals surface area contributed by atoms with Gasteiger partial charge in [0.2, 0.25) is 0 Å². The van der Waals surface area contributed by atoms with E-state index >= 15 is 0 Å². The normalized spacial score (nSPS) is 12.1. The highest BCUT2D eigenvalue weighted by atomic mass is 28.4. The van der Waals surface area contributed by atoms with Crippen LogP contribution in [0.5, 0.6) is 0 Å². The summed E-state index contributed by atoms with van der Waals surface area (Å²) >= 11 is -1.11. The van der Waals surface area contributed by atoms with Gasteiger partial charge in [0.1, 0.15) is 0 Å². The first-order valence-corrected chi connectivity index (χ1v) is 9.02. The molecule has 0 unspecified atom stereocenters. The Labute approximate surface area is 113 Å². The molecule has 0 atom stereocenters. The second-order valence-corrected chi connectivity index (χ2v) is 7.49. The third-order valence-corrected chi connectivity index (χ3v) is 5.95. The quantitative estimate of drug-likeness (QED) is 0.424. The molecule has 0 saturated heterocycles. The Hall–Kier alpha value is 0.549. The van der Waals surface area contributed by atoms with Gasteiger partial charge >= 0.3 is 24.9 Å². The summed E-state index contributed by atoms with van der Waals surface area (Å²) in [5, 5.41) is 0. The fourth-order valence-electron chi connectivity index (χ4n) is 1.18. The van der Waals surface area contributed by atoms with E-state index in [4.69, 9.17) is 20.5 Å². The summed E-state index contributed by atoms with van der Waals surface area (Å²) in [5.41, 5.74) is 0. The van der Waals surface area contributed by atoms with Crippen LogP contribution in [0.4, 0.5) is 0 Å². The van der Waals surface area contributed by atoms with Crippen molar-refractivity contribution in [1.82, 2.24) is 0 Å². The van der Waals surface area contributed by atoms with E-state index in [0.717, 1.165) is 0 Å². The summed E-state index contributed by atoms with van der Waals surface area (Å²) in [6.07, 6.45) is 0. The number of rotatable bonds is 11. The molecular formula is C10H25AlO5Si. The van der Waals surface area contributed by atoms with Crippen molar-refractivity contribution in [3.63, 3.8) is 0 Å². The Kier molecular flexibility index (Phi) is 10.8. The number of hydrogen-bond donors (Lipinski definition) is 0. The van der Waals surface area contributed by atoms with Gasteiger partial charge in [-0.3, -0.25) is 0 Å². The Morgan fingerprint density at radius 2 is 1.41 bits per heavy atom. The molecule has 0 spiro atoms. The first-order chi connectivity index (χ1) is 8.10. The zero-order valence-corrected chi connectivity index (χ0v) is 14.1. The molecule has 0 aromatic rings. The van der Waals surface area contributed by atoms with Crippen LogP contribution in [0.15, 0.2) is 0 Å². The average Bonchev–Trinajstić information content (AvgIpc) is 2.25. The van der Waals surface area contributed by atoms with Crippen molar-refractivity contribution >= 4 is 24.9 Å². The summed E-state index contributed by atoms with van der Waals surface area (Å²) in [4.78, 5) is 0. The van der Waals surface area contributed by atoms with Crippen LogP contribution in [0.2, 0.25) is 0 Å². The van der Waals surface area contributed by atoms with Crippen LogP contribution in [0.3, 0.4) is 0 Å². The molecule has 0 aromatic heterocycles. The van der Waals surface area contributed by atoms with E-state index in [1.165, 1.54) is 0 Å². The van der Waals surface area contributed by atoms with E-state index in [1.54, 1.807) is 0 Å². The second-order valence-electron chi connectivity index (χ2n) is 3.83. The summed E-state index contributed by atoms with van der Waals surface area (Å²) in [5.74, 6) is 0.508. The third-order valence-electron chi connectivity index (χ3n) is 1.73. The minimum absolute atomic E-state index is 0.508. The molecule has 0 saturated carbocycles. The van der Waals surface area contributed by atoms with E-state index < -0.39 is 24.9 Å². The van der Waals surface area contributed by atoms with E-state index in [1.807, 2.05) is 20.8 Å². The highest BCUT2D eigenvalue weighted by Gasteiger charge is 2.44. The van der Waals surface area contributed by atoms with Crippen molar-refractivity contribution in [2.45, 2.75) is 34.6 Å². The second kappa shape index (κ2) is 10.5. The van der Waals surface area contributed by atoms with E-state index in [2.05, 4.69) is 13.8 Å². The van der Waals surface area contributed by atoms with Crippen molar-refractivity contribution in [2.75, 3.05) is 26.4 Å². The van der Waals surface area contributed by atoms with Crippen molar-refractivity contribution in [1.29, 1.82) is 0 Å². The molecule has 0 aliphatic heterocycles. The Morgan fingerprint density at radius 1 is 0.941 bits per heavy atom. The standard InChI is InChI=1S/C6H15O4Si.C4H9O.Al.H/c1-4-8-11(7,9-5-2)10-6-3;1-4(2)3-5;;/h4-6H2,1-3H3;4H,3H2,1-2H3;;/q2*-1;+2;. The topological polar surface area (TPSA) is 46.2 Å². The van der Waals surface area contributed by atoms with Gasteiger partial charge in [0, 0.05) is 26.4 Å². The minimum Gasteiger partial charge on any atom is -0.481 e. The summed E-state index contributed by atoms with van der Waals surface area (Å²) in [6, 6.07) is 0. The molecule has 0 N–H and O–H groups in total. The van der Waals surface area contributed by atoms with Gasteiger partial charge in [-0.25, -0.2) is 0 Å². The van der Waals surface area contributed by atoms with Gasteiger partial charge in [-0.2, -0.15) is 0 Å². The largest absolute Gasteiger partial charge is 0.651 e. The highest BCUT2D eigenvalue weighted by molar-refractivity contribution is 6.59. The van der Waals surface area contributed by atoms with Gasteiger partial charge in [-0.15, -0.1) is 0 Å². The van der Waals surface area contributed by atoms with Gasteiger partial charge in [0.15, 0.2) is 0 Å². The SMILES string of the molecule is CCO[Si](OCC)(OCC)[O][AlH][O]CC(C)C. The van der Waals surface area contributed by atoms with Crippen molar-refractivity contribution in [3.05, 3.63) is 0 Å². The molecule has 0 aliphatic carbocycles. The van der Waals surface area contributed by atoms with Crippen LogP contribution in [0, 0.1) is 5.92 Å². The molecule has 0 rings (SSSR count). The average molecular weight is 280 g/mol. The third kappa shape index (κ3) is 8.30. The molecule has 0 aromatic carbocycles. The fraction of sp³-hybridized carbons (Fsp3) is 1.00. The monoisotopic (exact) mass is 280 g/mol. The van der Waals surface area contributed by atoms with Crippen LogP contribution < -0.4 is 0 Å². The van der Waals surface area contributed by atoms with Crippen LogP contribution in [-0.4, -0.2) is 51.4 Å². The van der Waals surface area contributed by atoms with Crippen molar-refractivity contribution in [3.8, 4) is 0 Å². The van der Waals surface area contributed by atoms with Gasteiger partial charge in [-0.05, 0) is 26.7 Å². The van der Waals surface area contributed by atoms with E-state index in [9.17, 15) is 0 Å². The van der Waals surface area contributed by atoms with Gasteiger partial charge in [0.05, 0.1) is 0 Å². The molecule has 0 radical (unpaired) electrons. The maximum Gasteiger partial charge on any atom is 0.651 e. The molecule has 0 amide bonds. The Bertz CT molecular complexity index is 165. The maximum atomic E-state index is 5.69. The zero-order chi connectivity index (χ0) is 13.1. The molecule has 0 heterocycles. The zero-order valence-electron chi connectivity index (χ0n) is 11.7. The molecule has 17 heavy (non-hydrogen) atoms. The van der Waals surface area contributed by atoms with Gasteiger partial charge in [-0.1, -0.05) is 13.8 Å². The molecule has 0 fully saturated rings. The number of hydrogen-bond acceptors (Lipinski definition) is 5. The van der Waals surface area contributed by atoms with Gasteiger partial charge in [0.25, 0.3) is 0 Å². The molecule has 102 valence electrons. The molecule has 7 heteroatoms. The summed E-state index contributed by atoms with van der Waals surface area (Å²) in [7, 11) is -2.93. The van der Waals surface area contributed by atoms with E-state index in [0.29, 0.717) is 32.3 Å². The van der Waals surface area contributed by atoms with Crippen LogP contribution in [0.1, 0.15) is 34.6 Å². The first-order valence-electron chi connectivity index (χ1n) is 6.23. The van der Waals surface area contributed by atoms with Crippen LogP contribution in [-0.2, 0) is 20.5 Å². The maximum absolute atomic E-state index is 5.69.